The molecule has 1 saturated heterocycles. The highest BCUT2D eigenvalue weighted by atomic mass is 16.5. The molecule has 20 heavy (non-hydrogen) atoms. The molecule has 2 fully saturated rings. The number of cyclic esters (lactones) is 1. The van der Waals surface area contributed by atoms with Crippen molar-refractivity contribution in [2.45, 2.75) is 53.1 Å². The van der Waals surface area contributed by atoms with E-state index in [1.807, 2.05) is 0 Å². The summed E-state index contributed by atoms with van der Waals surface area (Å²) in [7, 11) is 1.76. The Labute approximate surface area is 121 Å². The molecule has 0 aromatic carbocycles. The Hall–Kier alpha value is -0.830. The smallest absolute Gasteiger partial charge is 0.334 e. The van der Waals surface area contributed by atoms with Gasteiger partial charge in [0.05, 0.1) is 6.10 Å². The molecule has 0 bridgehead atoms. The zero-order valence-electron chi connectivity index (χ0n) is 13.3. The minimum absolute atomic E-state index is 0.0176. The van der Waals surface area contributed by atoms with Gasteiger partial charge in [-0.25, -0.2) is 4.79 Å². The Morgan fingerprint density at radius 3 is 2.60 bits per heavy atom. The fourth-order valence-electron chi connectivity index (χ4n) is 5.29. The lowest BCUT2D eigenvalue weighted by atomic mass is 9.43. The zero-order valence-corrected chi connectivity index (χ0v) is 13.3. The molecule has 0 radical (unpaired) electrons. The molecule has 2 aliphatic carbocycles. The van der Waals surface area contributed by atoms with Gasteiger partial charge in [0.15, 0.2) is 0 Å². The van der Waals surface area contributed by atoms with Crippen molar-refractivity contribution in [2.24, 2.45) is 22.2 Å². The van der Waals surface area contributed by atoms with E-state index in [1.54, 1.807) is 7.11 Å². The number of hydrogen-bond donors (Lipinski definition) is 0. The molecule has 1 saturated carbocycles. The van der Waals surface area contributed by atoms with Crippen molar-refractivity contribution in [1.82, 2.24) is 0 Å². The first kappa shape index (κ1) is 14.1. The summed E-state index contributed by atoms with van der Waals surface area (Å²) in [5, 5.41) is 0. The lowest BCUT2D eigenvalue weighted by Crippen LogP contribution is -2.59. The minimum atomic E-state index is -0.165. The third kappa shape index (κ3) is 1.53. The first-order chi connectivity index (χ1) is 9.26. The molecule has 3 aliphatic rings. The van der Waals surface area contributed by atoms with E-state index in [1.165, 1.54) is 12.8 Å². The molecule has 0 N–H and O–H groups in total. The van der Waals surface area contributed by atoms with Crippen LogP contribution in [0.1, 0.15) is 47.0 Å². The third-order valence-corrected chi connectivity index (χ3v) is 6.54. The topological polar surface area (TPSA) is 35.5 Å². The molecule has 0 aromatic rings. The van der Waals surface area contributed by atoms with Crippen LogP contribution in [0.4, 0.5) is 0 Å². The van der Waals surface area contributed by atoms with Crippen LogP contribution in [-0.4, -0.2) is 25.8 Å². The maximum Gasteiger partial charge on any atom is 0.334 e. The van der Waals surface area contributed by atoms with Crippen LogP contribution in [0.5, 0.6) is 0 Å². The van der Waals surface area contributed by atoms with Crippen LogP contribution in [0.15, 0.2) is 11.6 Å². The number of esters is 1. The second-order valence-electron chi connectivity index (χ2n) is 7.93. The predicted molar refractivity (Wildman–Crippen MR) is 77.2 cm³/mol. The second kappa shape index (κ2) is 4.09. The van der Waals surface area contributed by atoms with Gasteiger partial charge in [-0.3, -0.25) is 0 Å². The molecule has 3 nitrogen and oxygen atoms in total. The van der Waals surface area contributed by atoms with Crippen molar-refractivity contribution in [3.05, 3.63) is 11.6 Å². The zero-order chi connectivity index (χ0) is 14.8. The van der Waals surface area contributed by atoms with Crippen molar-refractivity contribution in [2.75, 3.05) is 13.7 Å². The number of hydrogen-bond acceptors (Lipinski definition) is 3. The SMILES string of the molecule is CO[C@@H]1C=C2C(=O)OCC2(C)[C@@]2(C)CCCC(C)(C)C12. The fourth-order valence-corrected chi connectivity index (χ4v) is 5.29. The first-order valence-electron chi connectivity index (χ1n) is 7.68. The normalized spacial score (nSPS) is 46.2. The van der Waals surface area contributed by atoms with Crippen LogP contribution in [0, 0.1) is 22.2 Å². The third-order valence-electron chi connectivity index (χ3n) is 6.54. The van der Waals surface area contributed by atoms with Crippen LogP contribution in [0.25, 0.3) is 0 Å². The van der Waals surface area contributed by atoms with Crippen LogP contribution < -0.4 is 0 Å². The Morgan fingerprint density at radius 1 is 1.25 bits per heavy atom. The summed E-state index contributed by atoms with van der Waals surface area (Å²) in [4.78, 5) is 12.1. The predicted octanol–water partition coefficient (Wildman–Crippen LogP) is 3.34. The number of rotatable bonds is 1. The van der Waals surface area contributed by atoms with Crippen LogP contribution in [0.2, 0.25) is 0 Å². The molecular formula is C17H26O3. The lowest BCUT2D eigenvalue weighted by Gasteiger charge is -2.61. The van der Waals surface area contributed by atoms with Gasteiger partial charge in [-0.2, -0.15) is 0 Å². The summed E-state index contributed by atoms with van der Waals surface area (Å²) in [5.74, 6) is 0.287. The highest BCUT2D eigenvalue weighted by Crippen LogP contribution is 2.66. The average molecular weight is 278 g/mol. The minimum Gasteiger partial charge on any atom is -0.461 e. The van der Waals surface area contributed by atoms with Gasteiger partial charge in [0.25, 0.3) is 0 Å². The van der Waals surface area contributed by atoms with Crippen LogP contribution in [0.3, 0.4) is 0 Å². The summed E-state index contributed by atoms with van der Waals surface area (Å²) in [6, 6.07) is 0. The monoisotopic (exact) mass is 278 g/mol. The molecule has 112 valence electrons. The number of carbonyl (C=O) groups is 1. The Morgan fingerprint density at radius 2 is 1.95 bits per heavy atom. The van der Waals surface area contributed by atoms with Gasteiger partial charge in [-0.05, 0) is 29.7 Å². The van der Waals surface area contributed by atoms with E-state index in [-0.39, 0.29) is 28.3 Å². The van der Waals surface area contributed by atoms with E-state index in [9.17, 15) is 4.79 Å². The summed E-state index contributed by atoms with van der Waals surface area (Å²) in [6.45, 7) is 9.78. The van der Waals surface area contributed by atoms with E-state index in [0.29, 0.717) is 12.5 Å². The molecule has 1 aliphatic heterocycles. The number of methoxy groups -OCH3 is 1. The maximum absolute atomic E-state index is 12.1. The number of fused-ring (bicyclic) bond motifs is 3. The summed E-state index contributed by atoms with van der Waals surface area (Å²) in [5.41, 5.74) is 0.970. The molecular weight excluding hydrogens is 252 g/mol. The quantitative estimate of drug-likeness (QED) is 0.690. The van der Waals surface area contributed by atoms with Gasteiger partial charge >= 0.3 is 5.97 Å². The molecule has 1 heterocycles. The Bertz CT molecular complexity index is 479. The molecule has 3 heteroatoms. The van der Waals surface area contributed by atoms with E-state index < -0.39 is 0 Å². The van der Waals surface area contributed by atoms with Gasteiger partial charge in [0.2, 0.25) is 0 Å². The molecule has 0 spiro atoms. The summed E-state index contributed by atoms with van der Waals surface area (Å²) >= 11 is 0. The van der Waals surface area contributed by atoms with Gasteiger partial charge in [0.1, 0.15) is 6.61 Å². The molecule has 0 aromatic heterocycles. The lowest BCUT2D eigenvalue weighted by molar-refractivity contribution is -0.138. The van der Waals surface area contributed by atoms with Crippen LogP contribution >= 0.6 is 0 Å². The highest BCUT2D eigenvalue weighted by Gasteiger charge is 2.65. The van der Waals surface area contributed by atoms with Gasteiger partial charge in [-0.1, -0.05) is 34.1 Å². The van der Waals surface area contributed by atoms with Crippen molar-refractivity contribution < 1.29 is 14.3 Å². The van der Waals surface area contributed by atoms with Gasteiger partial charge < -0.3 is 9.47 Å². The molecule has 2 unspecified atom stereocenters. The van der Waals surface area contributed by atoms with E-state index in [4.69, 9.17) is 9.47 Å². The van der Waals surface area contributed by atoms with Crippen molar-refractivity contribution in [3.63, 3.8) is 0 Å². The van der Waals surface area contributed by atoms with Crippen LogP contribution in [-0.2, 0) is 14.3 Å². The number of carbonyl (C=O) groups excluding carboxylic acids is 1. The van der Waals surface area contributed by atoms with Crippen molar-refractivity contribution in [1.29, 1.82) is 0 Å². The fraction of sp³-hybridized carbons (Fsp3) is 0.824. The summed E-state index contributed by atoms with van der Waals surface area (Å²) < 4.78 is 11.2. The molecule has 4 atom stereocenters. The number of ether oxygens (including phenoxy) is 2. The van der Waals surface area contributed by atoms with E-state index in [0.717, 1.165) is 12.0 Å². The van der Waals surface area contributed by atoms with Crippen molar-refractivity contribution in [3.8, 4) is 0 Å². The largest absolute Gasteiger partial charge is 0.461 e. The molecule has 0 amide bonds. The van der Waals surface area contributed by atoms with E-state index >= 15 is 0 Å². The Balaban J connectivity index is 2.19. The Kier molecular flexibility index (Phi) is 2.89. The summed E-state index contributed by atoms with van der Waals surface area (Å²) in [6.07, 6.45) is 5.65. The second-order valence-corrected chi connectivity index (χ2v) is 7.93. The van der Waals surface area contributed by atoms with Crippen molar-refractivity contribution >= 4 is 5.97 Å². The standard InChI is InChI=1S/C17H26O3/c1-15(2)7-6-8-16(3)13(15)12(19-5)9-11-14(18)20-10-17(11,16)4/h9,12-13H,6-8,10H2,1-5H3/t12-,13?,16+,17?/m1/s1. The van der Waals surface area contributed by atoms with E-state index in [2.05, 4.69) is 33.8 Å². The average Bonchev–Trinajstić information content (AvgIpc) is 2.66. The molecule has 3 rings (SSSR count). The maximum atomic E-state index is 12.1. The van der Waals surface area contributed by atoms with Gasteiger partial charge in [-0.15, -0.1) is 0 Å². The first-order valence-corrected chi connectivity index (χ1v) is 7.68. The van der Waals surface area contributed by atoms with Gasteiger partial charge in [0, 0.05) is 24.0 Å². The highest BCUT2D eigenvalue weighted by molar-refractivity contribution is 5.93.